The van der Waals surface area contributed by atoms with Crippen LogP contribution in [0.3, 0.4) is 0 Å². The minimum absolute atomic E-state index is 0.224. The van der Waals surface area contributed by atoms with Crippen LogP contribution < -0.4 is 11.1 Å². The van der Waals surface area contributed by atoms with Gasteiger partial charge in [0.15, 0.2) is 0 Å². The maximum absolute atomic E-state index is 11.4. The molecule has 5 N–H and O–H groups in total. The second kappa shape index (κ2) is 5.98. The molecule has 4 rings (SSSR count). The van der Waals surface area contributed by atoms with Crippen LogP contribution in [0.1, 0.15) is 38.5 Å². The van der Waals surface area contributed by atoms with Gasteiger partial charge in [0.1, 0.15) is 6.04 Å². The summed E-state index contributed by atoms with van der Waals surface area (Å²) in [5, 5.41) is 12.8. The SMILES string of the molecule is N[C@H](C(=O)O)C12CC3CC(C1)C(NCCCS(=O)(=O)O)C(C3)C2. The van der Waals surface area contributed by atoms with Gasteiger partial charge in [0.25, 0.3) is 10.1 Å². The molecule has 0 aromatic carbocycles. The summed E-state index contributed by atoms with van der Waals surface area (Å²) in [6, 6.07) is -0.460. The summed E-state index contributed by atoms with van der Waals surface area (Å²) in [7, 11) is -3.90. The van der Waals surface area contributed by atoms with Gasteiger partial charge in [-0.25, -0.2) is 0 Å². The molecule has 8 heteroatoms. The largest absolute Gasteiger partial charge is 0.480 e. The molecule has 0 saturated heterocycles. The Bertz CT molecular complexity index is 562. The fraction of sp³-hybridized carbons (Fsp3) is 0.933. The van der Waals surface area contributed by atoms with E-state index in [4.69, 9.17) is 10.3 Å². The normalized spacial score (nSPS) is 40.3. The van der Waals surface area contributed by atoms with Gasteiger partial charge in [-0.1, -0.05) is 0 Å². The highest BCUT2D eigenvalue weighted by Gasteiger charge is 2.58. The second-order valence-corrected chi connectivity index (χ2v) is 9.34. The molecule has 2 unspecified atom stereocenters. The van der Waals surface area contributed by atoms with Crippen molar-refractivity contribution in [2.75, 3.05) is 12.3 Å². The number of aliphatic carboxylic acids is 1. The van der Waals surface area contributed by atoms with E-state index in [-0.39, 0.29) is 11.2 Å². The summed E-state index contributed by atoms with van der Waals surface area (Å²) in [5.74, 6) is 0.312. The Labute approximate surface area is 136 Å². The summed E-state index contributed by atoms with van der Waals surface area (Å²) in [5.41, 5.74) is 5.76. The van der Waals surface area contributed by atoms with Gasteiger partial charge < -0.3 is 16.2 Å². The van der Waals surface area contributed by atoms with E-state index in [1.807, 2.05) is 0 Å². The van der Waals surface area contributed by atoms with Crippen LogP contribution in [-0.4, -0.2) is 48.4 Å². The Morgan fingerprint density at radius 1 is 1.26 bits per heavy atom. The van der Waals surface area contributed by atoms with Gasteiger partial charge in [-0.15, -0.1) is 0 Å². The molecule has 132 valence electrons. The zero-order chi connectivity index (χ0) is 16.8. The zero-order valence-electron chi connectivity index (χ0n) is 13.1. The number of rotatable bonds is 7. The molecule has 7 nitrogen and oxygen atoms in total. The van der Waals surface area contributed by atoms with Crippen LogP contribution in [-0.2, 0) is 14.9 Å². The minimum Gasteiger partial charge on any atom is -0.480 e. The predicted molar refractivity (Wildman–Crippen MR) is 84.4 cm³/mol. The Morgan fingerprint density at radius 3 is 2.39 bits per heavy atom. The summed E-state index contributed by atoms with van der Waals surface area (Å²) in [6.07, 6.45) is 5.24. The van der Waals surface area contributed by atoms with Gasteiger partial charge in [0, 0.05) is 6.04 Å². The highest BCUT2D eigenvalue weighted by Crippen LogP contribution is 2.61. The third-order valence-corrected chi connectivity index (χ3v) is 7.01. The van der Waals surface area contributed by atoms with Gasteiger partial charge in [0.05, 0.1) is 5.75 Å². The molecular weight excluding hydrogens is 320 g/mol. The molecule has 4 saturated carbocycles. The molecule has 0 aromatic heterocycles. The second-order valence-electron chi connectivity index (χ2n) is 7.77. The molecule has 4 bridgehead atoms. The highest BCUT2D eigenvalue weighted by atomic mass is 32.2. The van der Waals surface area contributed by atoms with E-state index in [1.54, 1.807) is 0 Å². The number of nitrogens with one attached hydrogen (secondary N) is 1. The van der Waals surface area contributed by atoms with Crippen molar-refractivity contribution >= 4 is 16.1 Å². The summed E-state index contributed by atoms with van der Waals surface area (Å²) in [4.78, 5) is 11.4. The van der Waals surface area contributed by atoms with Crippen LogP contribution in [0, 0.1) is 23.2 Å². The summed E-state index contributed by atoms with van der Waals surface area (Å²) < 4.78 is 30.3. The molecule has 3 atom stereocenters. The highest BCUT2D eigenvalue weighted by molar-refractivity contribution is 7.85. The van der Waals surface area contributed by atoms with Crippen LogP contribution in [0.4, 0.5) is 0 Å². The van der Waals surface area contributed by atoms with Crippen LogP contribution >= 0.6 is 0 Å². The lowest BCUT2D eigenvalue weighted by atomic mass is 9.46. The van der Waals surface area contributed by atoms with Crippen LogP contribution in [0.15, 0.2) is 0 Å². The van der Waals surface area contributed by atoms with Crippen LogP contribution in [0.25, 0.3) is 0 Å². The lowest BCUT2D eigenvalue weighted by molar-refractivity contribution is -0.151. The van der Waals surface area contributed by atoms with Crippen molar-refractivity contribution in [2.24, 2.45) is 28.9 Å². The number of carbonyl (C=O) groups is 1. The summed E-state index contributed by atoms with van der Waals surface area (Å²) in [6.45, 7) is 0.556. The lowest BCUT2D eigenvalue weighted by Gasteiger charge is -2.61. The van der Waals surface area contributed by atoms with Gasteiger partial charge >= 0.3 is 5.97 Å². The first kappa shape index (κ1) is 17.1. The minimum atomic E-state index is -3.90. The molecule has 0 aromatic rings. The van der Waals surface area contributed by atoms with Crippen molar-refractivity contribution in [3.63, 3.8) is 0 Å². The smallest absolute Gasteiger partial charge is 0.321 e. The number of carboxylic acid groups (broad SMARTS) is 1. The molecule has 0 heterocycles. The van der Waals surface area contributed by atoms with Crippen LogP contribution in [0.5, 0.6) is 0 Å². The fourth-order valence-corrected chi connectivity index (χ4v) is 6.10. The Balaban J connectivity index is 1.62. The molecule has 0 aliphatic heterocycles. The predicted octanol–water partition coefficient (Wildman–Crippen LogP) is 0.461. The first-order valence-electron chi connectivity index (χ1n) is 8.37. The number of hydrogen-bond acceptors (Lipinski definition) is 5. The van der Waals surface area contributed by atoms with E-state index in [1.165, 1.54) is 0 Å². The molecule has 0 radical (unpaired) electrons. The maximum atomic E-state index is 11.4. The average molecular weight is 346 g/mol. The topological polar surface area (TPSA) is 130 Å². The van der Waals surface area contributed by atoms with E-state index in [0.29, 0.717) is 36.8 Å². The zero-order valence-corrected chi connectivity index (χ0v) is 14.0. The van der Waals surface area contributed by atoms with Crippen molar-refractivity contribution in [1.82, 2.24) is 5.32 Å². The van der Waals surface area contributed by atoms with E-state index in [0.717, 1.165) is 32.1 Å². The summed E-state index contributed by atoms with van der Waals surface area (Å²) >= 11 is 0. The van der Waals surface area contributed by atoms with Crippen molar-refractivity contribution in [1.29, 1.82) is 0 Å². The van der Waals surface area contributed by atoms with Crippen molar-refractivity contribution < 1.29 is 22.9 Å². The first-order valence-corrected chi connectivity index (χ1v) is 9.98. The number of carboxylic acids is 1. The fourth-order valence-electron chi connectivity index (χ4n) is 5.59. The molecule has 23 heavy (non-hydrogen) atoms. The Kier molecular flexibility index (Phi) is 4.46. The Hall–Kier alpha value is -0.700. The van der Waals surface area contributed by atoms with Gasteiger partial charge in [-0.2, -0.15) is 8.42 Å². The van der Waals surface area contributed by atoms with E-state index < -0.39 is 22.1 Å². The molecule has 4 aliphatic carbocycles. The molecular formula is C15H26N2O5S. The molecule has 0 amide bonds. The molecule has 0 spiro atoms. The van der Waals surface area contributed by atoms with Crippen LogP contribution in [0.2, 0.25) is 0 Å². The number of nitrogens with two attached hydrogens (primary N) is 1. The van der Waals surface area contributed by atoms with Crippen molar-refractivity contribution in [3.05, 3.63) is 0 Å². The van der Waals surface area contributed by atoms with Crippen molar-refractivity contribution in [3.8, 4) is 0 Å². The maximum Gasteiger partial charge on any atom is 0.321 e. The quantitative estimate of drug-likeness (QED) is 0.389. The molecule has 4 fully saturated rings. The van der Waals surface area contributed by atoms with E-state index in [2.05, 4.69) is 5.32 Å². The van der Waals surface area contributed by atoms with Gasteiger partial charge in [-0.05, 0) is 68.2 Å². The van der Waals surface area contributed by atoms with E-state index >= 15 is 0 Å². The van der Waals surface area contributed by atoms with E-state index in [9.17, 15) is 18.3 Å². The van der Waals surface area contributed by atoms with Crippen molar-refractivity contribution in [2.45, 2.75) is 50.6 Å². The van der Waals surface area contributed by atoms with Gasteiger partial charge in [-0.3, -0.25) is 9.35 Å². The van der Waals surface area contributed by atoms with Gasteiger partial charge in [0.2, 0.25) is 0 Å². The third-order valence-electron chi connectivity index (χ3n) is 6.21. The standard InChI is InChI=1S/C15H26N2O5S/c16-13(14(18)19)15-6-9-4-10(7-15)12(11(5-9)8-15)17-2-1-3-23(20,21)22/h9-13,17H,1-8,16H2,(H,18,19)(H,20,21,22)/t9?,10?,11?,12?,13-,15?/m1/s1. The monoisotopic (exact) mass is 346 g/mol. The molecule has 4 aliphatic rings. The lowest BCUT2D eigenvalue weighted by Crippen LogP contribution is -2.63. The first-order chi connectivity index (χ1) is 10.7. The average Bonchev–Trinajstić information content (AvgIpc) is 2.43. The number of hydrogen-bond donors (Lipinski definition) is 4. The third kappa shape index (κ3) is 3.40. The Morgan fingerprint density at radius 2 is 1.87 bits per heavy atom.